The van der Waals surface area contributed by atoms with Crippen molar-refractivity contribution in [2.45, 2.75) is 46.1 Å². The van der Waals surface area contributed by atoms with Crippen LogP contribution in [0.25, 0.3) is 0 Å². The molecule has 0 amide bonds. The fourth-order valence-corrected chi connectivity index (χ4v) is 3.92. The first kappa shape index (κ1) is 19.3. The average molecular weight is 386 g/mol. The minimum Gasteiger partial charge on any atom is -0.365 e. The second kappa shape index (κ2) is 7.43. The summed E-state index contributed by atoms with van der Waals surface area (Å²) in [6.07, 6.45) is 2.70. The van der Waals surface area contributed by atoms with Gasteiger partial charge in [-0.1, -0.05) is 55.8 Å². The Bertz CT molecular complexity index is 1040. The first-order valence-corrected chi connectivity index (χ1v) is 10.1. The number of aromatic nitrogens is 2. The first-order chi connectivity index (χ1) is 13.8. The van der Waals surface area contributed by atoms with E-state index in [2.05, 4.69) is 84.2 Å². The molecule has 2 heterocycles. The van der Waals surface area contributed by atoms with Crippen molar-refractivity contribution in [2.75, 3.05) is 11.4 Å². The van der Waals surface area contributed by atoms with Crippen molar-refractivity contribution in [1.82, 2.24) is 9.97 Å². The Morgan fingerprint density at radius 3 is 2.24 bits per heavy atom. The number of hydrogen-bond acceptors (Lipinski definition) is 4. The van der Waals surface area contributed by atoms with Crippen molar-refractivity contribution in [3.63, 3.8) is 0 Å². The van der Waals surface area contributed by atoms with Crippen LogP contribution in [-0.4, -0.2) is 22.3 Å². The number of nitrogens with zero attached hydrogens (tertiary/aromatic N) is 3. The first-order valence-electron chi connectivity index (χ1n) is 10.1. The van der Waals surface area contributed by atoms with E-state index in [4.69, 9.17) is 0 Å². The predicted octanol–water partition coefficient (Wildman–Crippen LogP) is 4.88. The highest BCUT2D eigenvalue weighted by atomic mass is 16.1. The number of anilines is 1. The molecule has 0 atom stereocenters. The Morgan fingerprint density at radius 2 is 1.62 bits per heavy atom. The van der Waals surface area contributed by atoms with E-state index in [0.29, 0.717) is 12.4 Å². The molecule has 2 aromatic carbocycles. The number of rotatable bonds is 4. The molecule has 4 heteroatoms. The van der Waals surface area contributed by atoms with Crippen molar-refractivity contribution in [3.8, 4) is 0 Å². The number of fused-ring (bicyclic) bond motifs is 1. The summed E-state index contributed by atoms with van der Waals surface area (Å²) < 4.78 is 0. The van der Waals surface area contributed by atoms with Crippen LogP contribution in [0.15, 0.2) is 54.7 Å². The Balaban J connectivity index is 1.56. The fraction of sp³-hybridized carbons (Fsp3) is 0.320. The molecular formula is C25H27N3O. The molecule has 0 fully saturated rings. The molecule has 0 unspecified atom stereocenters. The number of benzene rings is 2. The monoisotopic (exact) mass is 385 g/mol. The largest absolute Gasteiger partial charge is 0.365 e. The maximum atomic E-state index is 11.6. The van der Waals surface area contributed by atoms with Gasteiger partial charge in [0.1, 0.15) is 0 Å². The minimum atomic E-state index is -0.0902. The summed E-state index contributed by atoms with van der Waals surface area (Å²) in [7, 11) is 0. The number of carbonyl (C=O) groups is 1. The fourth-order valence-electron chi connectivity index (χ4n) is 3.92. The maximum Gasteiger partial charge on any atom is 0.196 e. The van der Waals surface area contributed by atoms with Crippen molar-refractivity contribution < 1.29 is 4.79 Å². The Labute approximate surface area is 172 Å². The predicted molar refractivity (Wildman–Crippen MR) is 117 cm³/mol. The minimum absolute atomic E-state index is 0.0512. The lowest BCUT2D eigenvalue weighted by Crippen LogP contribution is -2.31. The molecule has 0 saturated carbocycles. The highest BCUT2D eigenvalue weighted by molar-refractivity contribution is 5.90. The van der Waals surface area contributed by atoms with Gasteiger partial charge in [-0.15, -0.1) is 0 Å². The number of ketones is 1. The quantitative estimate of drug-likeness (QED) is 0.601. The zero-order chi connectivity index (χ0) is 20.6. The summed E-state index contributed by atoms with van der Waals surface area (Å²) in [6, 6.07) is 17.6. The third-order valence-corrected chi connectivity index (χ3v) is 5.99. The van der Waals surface area contributed by atoms with Crippen molar-refractivity contribution in [2.24, 2.45) is 0 Å². The van der Waals surface area contributed by atoms with Crippen LogP contribution in [0.5, 0.6) is 0 Å². The van der Waals surface area contributed by atoms with Gasteiger partial charge in [0.25, 0.3) is 0 Å². The lowest BCUT2D eigenvalue weighted by atomic mass is 9.78. The lowest BCUT2D eigenvalue weighted by Gasteiger charge is -2.31. The van der Waals surface area contributed by atoms with Crippen LogP contribution in [0.1, 0.15) is 59.3 Å². The topological polar surface area (TPSA) is 46.1 Å². The van der Waals surface area contributed by atoms with Crippen LogP contribution in [0.2, 0.25) is 0 Å². The van der Waals surface area contributed by atoms with E-state index in [0.717, 1.165) is 24.2 Å². The second-order valence-electron chi connectivity index (χ2n) is 8.43. The molecule has 0 radical (unpaired) electrons. The summed E-state index contributed by atoms with van der Waals surface area (Å²) in [5, 5.41) is 0. The molecule has 4 nitrogen and oxygen atoms in total. The van der Waals surface area contributed by atoms with Gasteiger partial charge in [0.2, 0.25) is 0 Å². The molecule has 29 heavy (non-hydrogen) atoms. The van der Waals surface area contributed by atoms with E-state index in [1.807, 2.05) is 6.20 Å². The Hall–Kier alpha value is -3.01. The molecule has 3 aromatic rings. The molecular weight excluding hydrogens is 358 g/mol. The zero-order valence-corrected chi connectivity index (χ0v) is 17.6. The van der Waals surface area contributed by atoms with Crippen LogP contribution in [0.3, 0.4) is 0 Å². The smallest absolute Gasteiger partial charge is 0.196 e. The van der Waals surface area contributed by atoms with Gasteiger partial charge in [0.15, 0.2) is 11.6 Å². The van der Waals surface area contributed by atoms with Crippen molar-refractivity contribution in [1.29, 1.82) is 0 Å². The Kier molecular flexibility index (Phi) is 4.95. The molecule has 4 rings (SSSR count). The van der Waals surface area contributed by atoms with Crippen molar-refractivity contribution >= 4 is 11.5 Å². The summed E-state index contributed by atoms with van der Waals surface area (Å²) in [5.74, 6) is 0.216. The maximum absolute atomic E-state index is 11.6. The number of carbonyl (C=O) groups excluding carboxylic acids is 1. The van der Waals surface area contributed by atoms with E-state index in [1.54, 1.807) is 0 Å². The molecule has 0 N–H and O–H groups in total. The molecule has 148 valence electrons. The van der Waals surface area contributed by atoms with Gasteiger partial charge >= 0.3 is 0 Å². The van der Waals surface area contributed by atoms with Crippen LogP contribution < -0.4 is 4.90 Å². The van der Waals surface area contributed by atoms with E-state index < -0.39 is 0 Å². The van der Waals surface area contributed by atoms with Gasteiger partial charge in [0, 0.05) is 30.8 Å². The lowest BCUT2D eigenvalue weighted by molar-refractivity contribution is 0.100. The highest BCUT2D eigenvalue weighted by Crippen LogP contribution is 2.33. The molecule has 1 aliphatic heterocycles. The summed E-state index contributed by atoms with van der Waals surface area (Å²) >= 11 is 0. The third-order valence-electron chi connectivity index (χ3n) is 5.99. The second-order valence-corrected chi connectivity index (χ2v) is 8.43. The summed E-state index contributed by atoms with van der Waals surface area (Å²) in [5.41, 5.74) is 7.12. The van der Waals surface area contributed by atoms with Crippen LogP contribution in [0.4, 0.5) is 5.69 Å². The van der Waals surface area contributed by atoms with Crippen LogP contribution in [0, 0.1) is 6.92 Å². The molecule has 0 aliphatic carbocycles. The van der Waals surface area contributed by atoms with E-state index in [-0.39, 0.29) is 11.2 Å². The highest BCUT2D eigenvalue weighted by Gasteiger charge is 2.24. The van der Waals surface area contributed by atoms with Crippen LogP contribution >= 0.6 is 0 Å². The van der Waals surface area contributed by atoms with Crippen LogP contribution in [-0.2, 0) is 18.4 Å². The van der Waals surface area contributed by atoms with Gasteiger partial charge in [-0.3, -0.25) is 4.79 Å². The molecule has 0 saturated heterocycles. The SMILES string of the molecule is CC(=O)c1ncc2c(n1)CN(c1ccc(C(C)(C)c3ccc(C)cc3)cc1)CC2. The van der Waals surface area contributed by atoms with Gasteiger partial charge in [-0.25, -0.2) is 9.97 Å². The van der Waals surface area contributed by atoms with Gasteiger partial charge in [-0.05, 0) is 42.2 Å². The van der Waals surface area contributed by atoms with Crippen molar-refractivity contribution in [3.05, 3.63) is 88.5 Å². The molecule has 0 spiro atoms. The normalized spacial score (nSPS) is 13.9. The molecule has 1 aliphatic rings. The summed E-state index contributed by atoms with van der Waals surface area (Å²) in [6.45, 7) is 9.80. The van der Waals surface area contributed by atoms with E-state index in [9.17, 15) is 4.79 Å². The average Bonchev–Trinajstić information content (AvgIpc) is 2.73. The van der Waals surface area contributed by atoms with Gasteiger partial charge in [0.05, 0.1) is 12.2 Å². The van der Waals surface area contributed by atoms with Gasteiger partial charge in [-0.2, -0.15) is 0 Å². The molecule has 0 bridgehead atoms. The van der Waals surface area contributed by atoms with E-state index in [1.165, 1.54) is 29.3 Å². The summed E-state index contributed by atoms with van der Waals surface area (Å²) in [4.78, 5) is 22.6. The number of Topliss-reactive ketones (excluding diaryl/α,β-unsaturated/α-hetero) is 1. The standard InChI is InChI=1S/C25H27N3O/c1-17-5-7-20(8-6-17)25(3,4)21-9-11-22(12-10-21)28-14-13-19-15-26-24(18(2)29)27-23(19)16-28/h5-12,15H,13-14,16H2,1-4H3. The third kappa shape index (κ3) is 3.80. The molecule has 1 aromatic heterocycles. The van der Waals surface area contributed by atoms with E-state index >= 15 is 0 Å². The number of aryl methyl sites for hydroxylation is 1. The Morgan fingerprint density at radius 1 is 1.00 bits per heavy atom. The number of hydrogen-bond donors (Lipinski definition) is 0. The zero-order valence-electron chi connectivity index (χ0n) is 17.6. The van der Waals surface area contributed by atoms with Gasteiger partial charge < -0.3 is 4.90 Å².